The maximum atomic E-state index is 12.1. The van der Waals surface area contributed by atoms with Crippen molar-refractivity contribution in [3.05, 3.63) is 41.6 Å². The minimum Gasteiger partial charge on any atom is -0.481 e. The molecule has 0 radical (unpaired) electrons. The molecule has 8 nitrogen and oxygen atoms in total. The van der Waals surface area contributed by atoms with E-state index in [9.17, 15) is 9.59 Å². The van der Waals surface area contributed by atoms with Gasteiger partial charge in [0.15, 0.2) is 0 Å². The number of carbonyl (C=O) groups is 2. The Hall–Kier alpha value is -2.90. The van der Waals surface area contributed by atoms with Crippen molar-refractivity contribution in [1.82, 2.24) is 15.6 Å². The average molecular weight is 290 g/mol. The van der Waals surface area contributed by atoms with Gasteiger partial charge >= 0.3 is 5.97 Å². The van der Waals surface area contributed by atoms with Crippen LogP contribution in [0.15, 0.2) is 35.0 Å². The number of aliphatic carboxylic acids is 1. The molecule has 2 aromatic rings. The molecule has 21 heavy (non-hydrogen) atoms. The first-order valence-corrected chi connectivity index (χ1v) is 6.23. The van der Waals surface area contributed by atoms with Gasteiger partial charge in [0.05, 0.1) is 6.04 Å². The van der Waals surface area contributed by atoms with Crippen molar-refractivity contribution < 1.29 is 19.3 Å². The van der Waals surface area contributed by atoms with Gasteiger partial charge < -0.3 is 16.2 Å². The van der Waals surface area contributed by atoms with E-state index in [-0.39, 0.29) is 24.4 Å². The fraction of sp³-hybridized carbons (Fsp3) is 0.231. The summed E-state index contributed by atoms with van der Waals surface area (Å²) in [6.07, 6.45) is 0.169. The minimum absolute atomic E-state index is 0.0770. The second-order valence-corrected chi connectivity index (χ2v) is 4.37. The van der Waals surface area contributed by atoms with Crippen LogP contribution < -0.4 is 11.1 Å². The molecule has 1 amide bonds. The second kappa shape index (κ2) is 6.51. The molecule has 4 N–H and O–H groups in total. The third-order valence-corrected chi connectivity index (χ3v) is 2.88. The summed E-state index contributed by atoms with van der Waals surface area (Å²) < 4.78 is 4.37. The highest BCUT2D eigenvalue weighted by atomic mass is 16.6. The number of carboxylic acid groups (broad SMARTS) is 1. The second-order valence-electron chi connectivity index (χ2n) is 4.37. The Morgan fingerprint density at radius 2 is 2.00 bits per heavy atom. The smallest absolute Gasteiger partial charge is 0.303 e. The largest absolute Gasteiger partial charge is 0.481 e. The number of nitrogens with zero attached hydrogens (tertiary/aromatic N) is 2. The van der Waals surface area contributed by atoms with Crippen LogP contribution in [0.25, 0.3) is 0 Å². The van der Waals surface area contributed by atoms with Gasteiger partial charge in [-0.1, -0.05) is 30.3 Å². The van der Waals surface area contributed by atoms with Crippen molar-refractivity contribution in [3.8, 4) is 0 Å². The van der Waals surface area contributed by atoms with Gasteiger partial charge in [-0.2, -0.15) is 0 Å². The molecule has 1 heterocycles. The van der Waals surface area contributed by atoms with E-state index in [0.29, 0.717) is 0 Å². The van der Waals surface area contributed by atoms with Crippen molar-refractivity contribution in [1.29, 1.82) is 0 Å². The molecule has 1 aromatic carbocycles. The highest BCUT2D eigenvalue weighted by Crippen LogP contribution is 2.19. The molecule has 110 valence electrons. The maximum absolute atomic E-state index is 12.1. The zero-order chi connectivity index (χ0) is 15.2. The molecule has 0 saturated heterocycles. The van der Waals surface area contributed by atoms with E-state index >= 15 is 0 Å². The SMILES string of the molecule is Nc1nonc1C(=O)NC(CCC(=O)O)c1ccccc1. The monoisotopic (exact) mass is 290 g/mol. The number of amides is 1. The van der Waals surface area contributed by atoms with Gasteiger partial charge in [0, 0.05) is 6.42 Å². The highest BCUT2D eigenvalue weighted by molar-refractivity contribution is 5.96. The quantitative estimate of drug-likeness (QED) is 0.722. The number of carbonyl (C=O) groups excluding carboxylic acids is 1. The van der Waals surface area contributed by atoms with Gasteiger partial charge in [0.1, 0.15) is 0 Å². The number of aromatic nitrogens is 2. The lowest BCUT2D eigenvalue weighted by Crippen LogP contribution is -2.29. The van der Waals surface area contributed by atoms with E-state index in [1.54, 1.807) is 24.3 Å². The van der Waals surface area contributed by atoms with Crippen molar-refractivity contribution in [2.45, 2.75) is 18.9 Å². The molecule has 1 atom stereocenters. The van der Waals surface area contributed by atoms with Crippen LogP contribution in [-0.2, 0) is 4.79 Å². The molecule has 0 fully saturated rings. The zero-order valence-electron chi connectivity index (χ0n) is 11.0. The Morgan fingerprint density at radius 3 is 2.57 bits per heavy atom. The number of nitrogens with two attached hydrogens (primary N) is 1. The van der Waals surface area contributed by atoms with Crippen molar-refractivity contribution >= 4 is 17.7 Å². The molecule has 1 unspecified atom stereocenters. The van der Waals surface area contributed by atoms with Crippen LogP contribution in [0.3, 0.4) is 0 Å². The lowest BCUT2D eigenvalue weighted by atomic mass is 10.0. The third-order valence-electron chi connectivity index (χ3n) is 2.88. The molecule has 2 rings (SSSR count). The van der Waals surface area contributed by atoms with Crippen LogP contribution in [0.2, 0.25) is 0 Å². The number of benzene rings is 1. The summed E-state index contributed by atoms with van der Waals surface area (Å²) in [5.74, 6) is -1.61. The first-order valence-electron chi connectivity index (χ1n) is 6.23. The van der Waals surface area contributed by atoms with Gasteiger partial charge in [-0.05, 0) is 22.3 Å². The Labute approximate surface area is 119 Å². The first-order chi connectivity index (χ1) is 10.1. The predicted octanol–water partition coefficient (Wildman–Crippen LogP) is 0.988. The van der Waals surface area contributed by atoms with E-state index in [0.717, 1.165) is 5.56 Å². The van der Waals surface area contributed by atoms with Gasteiger partial charge in [-0.3, -0.25) is 9.59 Å². The highest BCUT2D eigenvalue weighted by Gasteiger charge is 2.21. The first kappa shape index (κ1) is 14.5. The summed E-state index contributed by atoms with van der Waals surface area (Å²) in [5, 5.41) is 18.2. The lowest BCUT2D eigenvalue weighted by molar-refractivity contribution is -0.137. The van der Waals surface area contributed by atoms with Gasteiger partial charge in [-0.15, -0.1) is 0 Å². The summed E-state index contributed by atoms with van der Waals surface area (Å²) >= 11 is 0. The Kier molecular flexibility index (Phi) is 4.50. The third kappa shape index (κ3) is 3.78. The molecule has 0 aliphatic heterocycles. The lowest BCUT2D eigenvalue weighted by Gasteiger charge is -2.17. The average Bonchev–Trinajstić information content (AvgIpc) is 2.90. The van der Waals surface area contributed by atoms with Crippen molar-refractivity contribution in [3.63, 3.8) is 0 Å². The molecule has 0 bridgehead atoms. The topological polar surface area (TPSA) is 131 Å². The normalized spacial score (nSPS) is 11.8. The van der Waals surface area contributed by atoms with E-state index in [1.165, 1.54) is 0 Å². The Bertz CT molecular complexity index is 626. The predicted molar refractivity (Wildman–Crippen MR) is 72.2 cm³/mol. The standard InChI is InChI=1S/C13H14N4O4/c14-12-11(16-21-17-12)13(20)15-9(6-7-10(18)19)8-4-2-1-3-5-8/h1-5,9H,6-7H2,(H2,14,17)(H,15,20)(H,18,19). The number of nitrogen functional groups attached to an aromatic ring is 1. The summed E-state index contributed by atoms with van der Waals surface area (Å²) in [7, 11) is 0. The zero-order valence-corrected chi connectivity index (χ0v) is 11.0. The number of carboxylic acids is 1. The molecule has 0 aliphatic rings. The van der Waals surface area contributed by atoms with Gasteiger partial charge in [0.25, 0.3) is 5.91 Å². The summed E-state index contributed by atoms with van der Waals surface area (Å²) in [6.45, 7) is 0. The van der Waals surface area contributed by atoms with Crippen LogP contribution >= 0.6 is 0 Å². The number of hydrogen-bond acceptors (Lipinski definition) is 6. The van der Waals surface area contributed by atoms with Crippen LogP contribution in [0.4, 0.5) is 5.82 Å². The van der Waals surface area contributed by atoms with Crippen LogP contribution in [0, 0.1) is 0 Å². The molecule has 8 heteroatoms. The van der Waals surface area contributed by atoms with Crippen LogP contribution in [-0.4, -0.2) is 27.3 Å². The maximum Gasteiger partial charge on any atom is 0.303 e. The molecule has 1 aromatic heterocycles. The minimum atomic E-state index is -0.937. The molecular weight excluding hydrogens is 276 g/mol. The van der Waals surface area contributed by atoms with E-state index in [2.05, 4.69) is 20.3 Å². The van der Waals surface area contributed by atoms with E-state index in [4.69, 9.17) is 10.8 Å². The number of nitrogens with one attached hydrogen (secondary N) is 1. The fourth-order valence-electron chi connectivity index (χ4n) is 1.85. The summed E-state index contributed by atoms with van der Waals surface area (Å²) in [5.41, 5.74) is 6.13. The van der Waals surface area contributed by atoms with E-state index < -0.39 is 17.9 Å². The Morgan fingerprint density at radius 1 is 1.29 bits per heavy atom. The summed E-state index contributed by atoms with van der Waals surface area (Å²) in [6, 6.07) is 8.58. The molecule has 0 spiro atoms. The molecule has 0 saturated carbocycles. The number of hydrogen-bond donors (Lipinski definition) is 3. The summed E-state index contributed by atoms with van der Waals surface area (Å²) in [4.78, 5) is 22.8. The van der Waals surface area contributed by atoms with Crippen molar-refractivity contribution in [2.24, 2.45) is 0 Å². The molecular formula is C13H14N4O4. The van der Waals surface area contributed by atoms with E-state index in [1.807, 2.05) is 6.07 Å². The number of rotatable bonds is 6. The number of anilines is 1. The van der Waals surface area contributed by atoms with Crippen LogP contribution in [0.1, 0.15) is 34.9 Å². The Balaban J connectivity index is 2.14. The molecule has 0 aliphatic carbocycles. The van der Waals surface area contributed by atoms with Gasteiger partial charge in [-0.25, -0.2) is 4.63 Å². The van der Waals surface area contributed by atoms with Gasteiger partial charge in [0.2, 0.25) is 11.5 Å². The van der Waals surface area contributed by atoms with Crippen molar-refractivity contribution in [2.75, 3.05) is 5.73 Å². The fourth-order valence-corrected chi connectivity index (χ4v) is 1.85. The van der Waals surface area contributed by atoms with Crippen LogP contribution in [0.5, 0.6) is 0 Å².